The molecule has 1 aliphatic heterocycles. The number of hydrogen-bond donors (Lipinski definition) is 0. The fourth-order valence-electron chi connectivity index (χ4n) is 5.49. The van der Waals surface area contributed by atoms with Crippen LogP contribution in [0.15, 0.2) is 0 Å². The zero-order chi connectivity index (χ0) is 17.9. The van der Waals surface area contributed by atoms with Crippen molar-refractivity contribution in [1.29, 1.82) is 0 Å². The van der Waals surface area contributed by atoms with Crippen molar-refractivity contribution in [2.45, 2.75) is 54.2 Å². The maximum Gasteiger partial charge on any atom is 0.242 e. The molecular formula is C18H24Br2N2O3. The summed E-state index contributed by atoms with van der Waals surface area (Å²) in [5, 5.41) is 0. The lowest BCUT2D eigenvalue weighted by molar-refractivity contribution is -0.147. The number of rotatable bonds is 3. The van der Waals surface area contributed by atoms with Gasteiger partial charge in [0, 0.05) is 22.7 Å². The maximum absolute atomic E-state index is 12.9. The minimum atomic E-state index is -0.233. The van der Waals surface area contributed by atoms with Crippen LogP contribution in [0, 0.1) is 23.7 Å². The lowest BCUT2D eigenvalue weighted by atomic mass is 9.81. The van der Waals surface area contributed by atoms with Gasteiger partial charge in [-0.2, -0.15) is 0 Å². The molecule has 1 heterocycles. The third-order valence-electron chi connectivity index (χ3n) is 6.89. The van der Waals surface area contributed by atoms with Crippen LogP contribution in [0.1, 0.15) is 38.5 Å². The van der Waals surface area contributed by atoms with Crippen molar-refractivity contribution >= 4 is 49.6 Å². The van der Waals surface area contributed by atoms with Gasteiger partial charge in [-0.05, 0) is 31.1 Å². The predicted octanol–water partition coefficient (Wildman–Crippen LogP) is 2.56. The van der Waals surface area contributed by atoms with Gasteiger partial charge in [-0.25, -0.2) is 0 Å². The van der Waals surface area contributed by atoms with E-state index in [2.05, 4.69) is 31.9 Å². The Bertz CT molecular complexity index is 575. The fraction of sp³-hybridized carbons (Fsp3) is 0.833. The molecular weight excluding hydrogens is 452 g/mol. The molecule has 3 amide bonds. The summed E-state index contributed by atoms with van der Waals surface area (Å²) in [7, 11) is 1.82. The van der Waals surface area contributed by atoms with Crippen molar-refractivity contribution in [1.82, 2.24) is 9.80 Å². The molecule has 4 fully saturated rings. The van der Waals surface area contributed by atoms with Crippen LogP contribution in [0.2, 0.25) is 0 Å². The van der Waals surface area contributed by atoms with Gasteiger partial charge >= 0.3 is 0 Å². The first-order chi connectivity index (χ1) is 11.9. The molecule has 0 aromatic heterocycles. The van der Waals surface area contributed by atoms with Gasteiger partial charge in [-0.15, -0.1) is 0 Å². The Kier molecular flexibility index (Phi) is 4.76. The molecule has 3 saturated carbocycles. The van der Waals surface area contributed by atoms with Gasteiger partial charge in [0.05, 0.1) is 11.8 Å². The average molecular weight is 476 g/mol. The molecule has 25 heavy (non-hydrogen) atoms. The van der Waals surface area contributed by atoms with E-state index < -0.39 is 0 Å². The molecule has 2 bridgehead atoms. The Hall–Kier alpha value is -0.430. The molecule has 0 spiro atoms. The number of nitrogens with zero attached hydrogens (tertiary/aromatic N) is 2. The number of halogens is 2. The minimum Gasteiger partial charge on any atom is -0.341 e. The molecule has 4 aliphatic rings. The van der Waals surface area contributed by atoms with Crippen LogP contribution in [-0.2, 0) is 14.4 Å². The highest BCUT2D eigenvalue weighted by atomic mass is 79.9. The quantitative estimate of drug-likeness (QED) is 0.465. The van der Waals surface area contributed by atoms with Crippen LogP contribution in [-0.4, -0.2) is 56.8 Å². The highest BCUT2D eigenvalue weighted by Crippen LogP contribution is 2.60. The number of alkyl halides is 2. The van der Waals surface area contributed by atoms with Gasteiger partial charge in [0.15, 0.2) is 0 Å². The third kappa shape index (κ3) is 2.71. The molecule has 4 rings (SSSR count). The average Bonchev–Trinajstić information content (AvgIpc) is 3.22. The lowest BCUT2D eigenvalue weighted by Gasteiger charge is -2.32. The molecule has 6 atom stereocenters. The zero-order valence-electron chi connectivity index (χ0n) is 14.4. The number of likely N-dealkylation sites (tertiary alicyclic amines) is 1. The SMILES string of the molecule is CN(C(=O)CN1C(=O)[C@@H]2[C@H]3C[C@@H]([C@H](Br)[C@@H]3Br)[C@@H]2C1=O)C1CCCCC1. The molecule has 0 aromatic rings. The standard InChI is InChI=1S/C18H24Br2N2O3/c1-21(9-5-3-2-4-6-9)12(23)8-22-17(24)13-10-7-11(14(13)18(22)25)16(20)15(10)19/h9-11,13-16H,2-8H2,1H3/t10-,11-,13-,14+,15-,16+/m1/s1. The Labute approximate surface area is 165 Å². The van der Waals surface area contributed by atoms with E-state index in [1.165, 1.54) is 11.3 Å². The summed E-state index contributed by atoms with van der Waals surface area (Å²) in [4.78, 5) is 41.9. The smallest absolute Gasteiger partial charge is 0.242 e. The van der Waals surface area contributed by atoms with Gasteiger partial charge < -0.3 is 4.90 Å². The highest BCUT2D eigenvalue weighted by molar-refractivity contribution is 9.12. The number of hydrogen-bond acceptors (Lipinski definition) is 3. The lowest BCUT2D eigenvalue weighted by Crippen LogP contribution is -2.46. The topological polar surface area (TPSA) is 57.7 Å². The van der Waals surface area contributed by atoms with E-state index in [0.29, 0.717) is 0 Å². The number of carbonyl (C=O) groups is 3. The molecule has 0 radical (unpaired) electrons. The van der Waals surface area contributed by atoms with Crippen molar-refractivity contribution in [3.8, 4) is 0 Å². The van der Waals surface area contributed by atoms with E-state index in [9.17, 15) is 14.4 Å². The van der Waals surface area contributed by atoms with Gasteiger partial charge in [0.25, 0.3) is 0 Å². The van der Waals surface area contributed by atoms with Crippen LogP contribution in [0.25, 0.3) is 0 Å². The summed E-state index contributed by atoms with van der Waals surface area (Å²) in [6, 6.07) is 0.253. The molecule has 1 saturated heterocycles. The predicted molar refractivity (Wildman–Crippen MR) is 100 cm³/mol. The summed E-state index contributed by atoms with van der Waals surface area (Å²) < 4.78 is 0. The van der Waals surface area contributed by atoms with E-state index in [1.54, 1.807) is 4.90 Å². The molecule has 0 aromatic carbocycles. The first kappa shape index (κ1) is 18.0. The first-order valence-electron chi connectivity index (χ1n) is 9.31. The number of carbonyl (C=O) groups excluding carboxylic acids is 3. The maximum atomic E-state index is 12.9. The number of fused-ring (bicyclic) bond motifs is 5. The van der Waals surface area contributed by atoms with E-state index in [4.69, 9.17) is 0 Å². The van der Waals surface area contributed by atoms with E-state index in [-0.39, 0.29) is 63.6 Å². The van der Waals surface area contributed by atoms with Crippen LogP contribution in [0.5, 0.6) is 0 Å². The summed E-state index contributed by atoms with van der Waals surface area (Å²) in [5.74, 6) is -0.425. The van der Waals surface area contributed by atoms with Crippen LogP contribution < -0.4 is 0 Å². The molecule has 138 valence electrons. The Morgan fingerprint density at radius 3 is 2.08 bits per heavy atom. The largest absolute Gasteiger partial charge is 0.341 e. The number of amides is 3. The van der Waals surface area contributed by atoms with E-state index in [1.807, 2.05) is 7.05 Å². The van der Waals surface area contributed by atoms with Crippen molar-refractivity contribution < 1.29 is 14.4 Å². The Morgan fingerprint density at radius 2 is 1.56 bits per heavy atom. The van der Waals surface area contributed by atoms with Crippen molar-refractivity contribution in [3.05, 3.63) is 0 Å². The summed E-state index contributed by atoms with van der Waals surface area (Å²) in [6.45, 7) is -0.0863. The molecule has 5 nitrogen and oxygen atoms in total. The molecule has 7 heteroatoms. The monoisotopic (exact) mass is 474 g/mol. The van der Waals surface area contributed by atoms with Crippen LogP contribution in [0.4, 0.5) is 0 Å². The van der Waals surface area contributed by atoms with E-state index >= 15 is 0 Å². The van der Waals surface area contributed by atoms with Gasteiger partial charge in [0.2, 0.25) is 17.7 Å². The van der Waals surface area contributed by atoms with Gasteiger partial charge in [0.1, 0.15) is 6.54 Å². The minimum absolute atomic E-state index is 0.0863. The molecule has 3 aliphatic carbocycles. The second kappa shape index (κ2) is 6.63. The highest BCUT2D eigenvalue weighted by Gasteiger charge is 2.66. The van der Waals surface area contributed by atoms with Gasteiger partial charge in [-0.1, -0.05) is 51.1 Å². The zero-order valence-corrected chi connectivity index (χ0v) is 17.5. The first-order valence-corrected chi connectivity index (χ1v) is 11.1. The second-order valence-corrected chi connectivity index (χ2v) is 10.2. The van der Waals surface area contributed by atoms with Crippen molar-refractivity contribution in [2.24, 2.45) is 23.7 Å². The summed E-state index contributed by atoms with van der Waals surface area (Å²) in [5.41, 5.74) is 0. The van der Waals surface area contributed by atoms with Crippen molar-refractivity contribution in [2.75, 3.05) is 13.6 Å². The van der Waals surface area contributed by atoms with Gasteiger partial charge in [-0.3, -0.25) is 19.3 Å². The van der Waals surface area contributed by atoms with Crippen LogP contribution >= 0.6 is 31.9 Å². The molecule has 0 unspecified atom stereocenters. The van der Waals surface area contributed by atoms with Crippen molar-refractivity contribution in [3.63, 3.8) is 0 Å². The number of likely N-dealkylation sites (N-methyl/N-ethyl adjacent to an activating group) is 1. The Morgan fingerprint density at radius 1 is 1.04 bits per heavy atom. The summed E-state index contributed by atoms with van der Waals surface area (Å²) >= 11 is 7.37. The third-order valence-corrected chi connectivity index (χ3v) is 10.1. The summed E-state index contributed by atoms with van der Waals surface area (Å²) in [6.07, 6.45) is 6.50. The van der Waals surface area contributed by atoms with Crippen LogP contribution in [0.3, 0.4) is 0 Å². The molecule has 0 N–H and O–H groups in total. The number of imide groups is 1. The van der Waals surface area contributed by atoms with E-state index in [0.717, 1.165) is 32.1 Å². The fourth-order valence-corrected chi connectivity index (χ4v) is 7.36. The second-order valence-electron chi connectivity index (χ2n) is 8.06. The Balaban J connectivity index is 1.46. The normalized spacial score (nSPS) is 40.7.